The van der Waals surface area contributed by atoms with E-state index in [0.29, 0.717) is 6.54 Å². The fraction of sp³-hybridized carbons (Fsp3) is 0.615. The third-order valence-corrected chi connectivity index (χ3v) is 3.92. The largest absolute Gasteiger partial charge is 0.495 e. The molecule has 0 unspecified atom stereocenters. The van der Waals surface area contributed by atoms with Crippen molar-refractivity contribution < 1.29 is 9.31 Å². The summed E-state index contributed by atoms with van der Waals surface area (Å²) in [4.78, 5) is 14.2. The van der Waals surface area contributed by atoms with Gasteiger partial charge in [-0.3, -0.25) is 4.79 Å². The second-order valence-corrected chi connectivity index (χ2v) is 5.90. The summed E-state index contributed by atoms with van der Waals surface area (Å²) in [5.74, 6) is 0. The Morgan fingerprint density at radius 3 is 2.37 bits per heavy atom. The lowest BCUT2D eigenvalue weighted by molar-refractivity contribution is 0.00578. The third kappa shape index (κ3) is 2.61. The van der Waals surface area contributed by atoms with Gasteiger partial charge in [0, 0.05) is 18.8 Å². The molecule has 2 rings (SSSR count). The molecule has 0 radical (unpaired) electrons. The highest BCUT2D eigenvalue weighted by Gasteiger charge is 2.52. The molecule has 19 heavy (non-hydrogen) atoms. The van der Waals surface area contributed by atoms with E-state index in [1.165, 1.54) is 0 Å². The molecule has 1 aromatic rings. The van der Waals surface area contributed by atoms with E-state index in [9.17, 15) is 4.79 Å². The van der Waals surface area contributed by atoms with Gasteiger partial charge in [-0.25, -0.2) is 0 Å². The monoisotopic (exact) mass is 264 g/mol. The van der Waals surface area contributed by atoms with E-state index in [4.69, 9.17) is 9.31 Å². The summed E-state index contributed by atoms with van der Waals surface area (Å²) in [5.41, 5.74) is 0.802. The number of hydrogen-bond donors (Lipinski definition) is 2. The van der Waals surface area contributed by atoms with E-state index in [1.54, 1.807) is 12.3 Å². The Hall–Kier alpha value is -1.11. The summed E-state index contributed by atoms with van der Waals surface area (Å²) < 4.78 is 12.0. The number of H-pyrrole nitrogens is 1. The van der Waals surface area contributed by atoms with Crippen LogP contribution in [0.1, 0.15) is 33.3 Å². The van der Waals surface area contributed by atoms with Crippen molar-refractivity contribution in [1.29, 1.82) is 0 Å². The van der Waals surface area contributed by atoms with E-state index in [0.717, 1.165) is 11.0 Å². The van der Waals surface area contributed by atoms with Gasteiger partial charge in [0.05, 0.1) is 11.2 Å². The van der Waals surface area contributed by atoms with Crippen LogP contribution in [0, 0.1) is 0 Å². The molecule has 6 heteroatoms. The van der Waals surface area contributed by atoms with Crippen LogP contribution in [0.2, 0.25) is 0 Å². The third-order valence-electron chi connectivity index (χ3n) is 3.92. The van der Waals surface area contributed by atoms with Gasteiger partial charge in [0.25, 0.3) is 0 Å². The number of nitrogens with one attached hydrogen (secondary N) is 2. The van der Waals surface area contributed by atoms with Crippen LogP contribution in [0.5, 0.6) is 0 Å². The average molecular weight is 264 g/mol. The fourth-order valence-corrected chi connectivity index (χ4v) is 2.05. The number of pyridine rings is 1. The molecule has 2 heterocycles. The van der Waals surface area contributed by atoms with E-state index in [2.05, 4.69) is 10.3 Å². The molecular weight excluding hydrogens is 243 g/mol. The molecule has 0 bridgehead atoms. The molecular formula is C13H21BN2O3. The van der Waals surface area contributed by atoms with Gasteiger partial charge in [0.15, 0.2) is 0 Å². The second kappa shape index (κ2) is 4.78. The van der Waals surface area contributed by atoms with Crippen LogP contribution in [-0.4, -0.2) is 30.4 Å². The van der Waals surface area contributed by atoms with Crippen molar-refractivity contribution in [2.45, 2.75) is 45.4 Å². The van der Waals surface area contributed by atoms with E-state index in [1.807, 2.05) is 34.7 Å². The summed E-state index contributed by atoms with van der Waals surface area (Å²) in [7, 11) is 1.36. The highest BCUT2D eigenvalue weighted by Crippen LogP contribution is 2.36. The molecule has 1 aromatic heterocycles. The standard InChI is InChI=1S/C13H21BN2O3/c1-12(2)13(3,4)19-14(18-12)10-6-11(17)16-8-9(10)7-15-5/h6,8,15H,7H2,1-5H3,(H,16,17). The molecule has 0 saturated carbocycles. The van der Waals surface area contributed by atoms with Gasteiger partial charge >= 0.3 is 7.12 Å². The second-order valence-electron chi connectivity index (χ2n) is 5.90. The molecule has 1 aliphatic heterocycles. The van der Waals surface area contributed by atoms with Crippen LogP contribution in [0.3, 0.4) is 0 Å². The Morgan fingerprint density at radius 2 is 1.84 bits per heavy atom. The number of hydrogen-bond acceptors (Lipinski definition) is 4. The average Bonchev–Trinajstić information content (AvgIpc) is 2.51. The lowest BCUT2D eigenvalue weighted by Gasteiger charge is -2.32. The summed E-state index contributed by atoms with van der Waals surface area (Å²) >= 11 is 0. The Labute approximate surface area is 113 Å². The molecule has 1 saturated heterocycles. The first-order valence-corrected chi connectivity index (χ1v) is 6.48. The van der Waals surface area contributed by atoms with Gasteiger partial charge in [0.1, 0.15) is 0 Å². The van der Waals surface area contributed by atoms with Gasteiger partial charge < -0.3 is 19.6 Å². The highest BCUT2D eigenvalue weighted by atomic mass is 16.7. The Balaban J connectivity index is 2.38. The molecule has 5 nitrogen and oxygen atoms in total. The molecule has 0 amide bonds. The van der Waals surface area contributed by atoms with Crippen LogP contribution in [0.25, 0.3) is 0 Å². The molecule has 104 valence electrons. The SMILES string of the molecule is CNCc1c[nH]c(=O)cc1B1OC(C)(C)C(C)(C)O1. The summed E-state index contributed by atoms with van der Waals surface area (Å²) in [6.45, 7) is 8.64. The smallest absolute Gasteiger partial charge is 0.399 e. The van der Waals surface area contributed by atoms with Crippen molar-refractivity contribution in [3.63, 3.8) is 0 Å². The van der Waals surface area contributed by atoms with Crippen molar-refractivity contribution >= 4 is 12.6 Å². The predicted octanol–water partition coefficient (Wildman–Crippen LogP) is 0.394. The minimum Gasteiger partial charge on any atom is -0.399 e. The number of rotatable bonds is 3. The van der Waals surface area contributed by atoms with E-state index in [-0.39, 0.29) is 5.56 Å². The fourth-order valence-electron chi connectivity index (χ4n) is 2.05. The molecule has 1 aliphatic rings. The topological polar surface area (TPSA) is 63.4 Å². The first-order chi connectivity index (χ1) is 8.77. The van der Waals surface area contributed by atoms with Gasteiger partial charge in [-0.1, -0.05) is 0 Å². The van der Waals surface area contributed by atoms with E-state index < -0.39 is 18.3 Å². The quantitative estimate of drug-likeness (QED) is 0.775. The minimum atomic E-state index is -0.504. The van der Waals surface area contributed by atoms with Crippen molar-refractivity contribution in [2.75, 3.05) is 7.05 Å². The zero-order chi connectivity index (χ0) is 14.3. The highest BCUT2D eigenvalue weighted by molar-refractivity contribution is 6.62. The minimum absolute atomic E-state index is 0.149. The maximum Gasteiger partial charge on any atom is 0.495 e. The summed E-state index contributed by atoms with van der Waals surface area (Å²) in [5, 5.41) is 3.08. The van der Waals surface area contributed by atoms with Crippen molar-refractivity contribution in [3.8, 4) is 0 Å². The Bertz CT molecular complexity index is 509. The Morgan fingerprint density at radius 1 is 1.26 bits per heavy atom. The maximum atomic E-state index is 11.5. The van der Waals surface area contributed by atoms with Crippen LogP contribution < -0.4 is 16.3 Å². The maximum absolute atomic E-state index is 11.5. The van der Waals surface area contributed by atoms with Crippen LogP contribution in [0.4, 0.5) is 0 Å². The zero-order valence-electron chi connectivity index (χ0n) is 12.2. The first kappa shape index (κ1) is 14.3. The van der Waals surface area contributed by atoms with Crippen molar-refractivity contribution in [3.05, 3.63) is 28.2 Å². The van der Waals surface area contributed by atoms with Gasteiger partial charge in [-0.2, -0.15) is 0 Å². The van der Waals surface area contributed by atoms with Gasteiger partial charge in [0.2, 0.25) is 5.56 Å². The van der Waals surface area contributed by atoms with Crippen LogP contribution in [-0.2, 0) is 15.9 Å². The molecule has 2 N–H and O–H groups in total. The van der Waals surface area contributed by atoms with E-state index >= 15 is 0 Å². The van der Waals surface area contributed by atoms with Crippen LogP contribution >= 0.6 is 0 Å². The molecule has 0 aliphatic carbocycles. The normalized spacial score (nSPS) is 20.8. The van der Waals surface area contributed by atoms with Crippen molar-refractivity contribution in [2.24, 2.45) is 0 Å². The zero-order valence-corrected chi connectivity index (χ0v) is 12.2. The summed E-state index contributed by atoms with van der Waals surface area (Å²) in [6, 6.07) is 1.55. The van der Waals surface area contributed by atoms with Gasteiger partial charge in [-0.15, -0.1) is 0 Å². The first-order valence-electron chi connectivity index (χ1n) is 6.48. The Kier molecular flexibility index (Phi) is 3.60. The predicted molar refractivity (Wildman–Crippen MR) is 75.5 cm³/mol. The van der Waals surface area contributed by atoms with Crippen molar-refractivity contribution in [1.82, 2.24) is 10.3 Å². The number of aromatic nitrogens is 1. The summed E-state index contributed by atoms with van der Waals surface area (Å²) in [6.07, 6.45) is 1.71. The van der Waals surface area contributed by atoms with Crippen LogP contribution in [0.15, 0.2) is 17.1 Å². The molecule has 1 fully saturated rings. The van der Waals surface area contributed by atoms with Gasteiger partial charge in [-0.05, 0) is 45.8 Å². The number of aromatic amines is 1. The lowest BCUT2D eigenvalue weighted by atomic mass is 9.76. The molecule has 0 atom stereocenters. The lowest BCUT2D eigenvalue weighted by Crippen LogP contribution is -2.41. The molecule has 0 aromatic carbocycles. The molecule has 0 spiro atoms.